The highest BCUT2D eigenvalue weighted by Gasteiger charge is 2.17. The van der Waals surface area contributed by atoms with Crippen LogP contribution in [-0.4, -0.2) is 24.0 Å². The number of rotatable bonds is 7. The molecular formula is C16H14F2N2O5. The van der Waals surface area contributed by atoms with Gasteiger partial charge in [-0.1, -0.05) is 18.2 Å². The van der Waals surface area contributed by atoms with E-state index in [1.165, 1.54) is 36.4 Å². The molecule has 9 heteroatoms. The van der Waals surface area contributed by atoms with Crippen LogP contribution >= 0.6 is 0 Å². The van der Waals surface area contributed by atoms with Crippen molar-refractivity contribution < 1.29 is 28.0 Å². The molecule has 0 atom stereocenters. The van der Waals surface area contributed by atoms with E-state index < -0.39 is 24.0 Å². The van der Waals surface area contributed by atoms with E-state index in [0.717, 1.165) is 5.56 Å². The van der Waals surface area contributed by atoms with Gasteiger partial charge in [-0.2, -0.15) is 8.78 Å². The SMILES string of the molecule is Cc1ccc([N+](=O)[O-])c(OCC(=O)Nc2ccccc2OC(F)F)c1. The summed E-state index contributed by atoms with van der Waals surface area (Å²) in [6, 6.07) is 9.90. The molecule has 7 nitrogen and oxygen atoms in total. The number of alkyl halides is 2. The number of hydrogen-bond acceptors (Lipinski definition) is 5. The minimum Gasteiger partial charge on any atom is -0.477 e. The van der Waals surface area contributed by atoms with E-state index in [4.69, 9.17) is 4.74 Å². The highest BCUT2D eigenvalue weighted by atomic mass is 19.3. The Morgan fingerprint density at radius 1 is 1.24 bits per heavy atom. The lowest BCUT2D eigenvalue weighted by molar-refractivity contribution is -0.385. The molecule has 0 spiro atoms. The van der Waals surface area contributed by atoms with Gasteiger partial charge >= 0.3 is 12.3 Å². The van der Waals surface area contributed by atoms with Crippen molar-refractivity contribution in [1.82, 2.24) is 0 Å². The first-order chi connectivity index (χ1) is 11.9. The quantitative estimate of drug-likeness (QED) is 0.608. The Kier molecular flexibility index (Phi) is 5.83. The predicted molar refractivity (Wildman–Crippen MR) is 85.0 cm³/mol. The molecular weight excluding hydrogens is 338 g/mol. The lowest BCUT2D eigenvalue weighted by Gasteiger charge is -2.12. The van der Waals surface area contributed by atoms with Gasteiger partial charge in [-0.25, -0.2) is 0 Å². The van der Waals surface area contributed by atoms with Crippen molar-refractivity contribution in [3.8, 4) is 11.5 Å². The number of benzene rings is 2. The summed E-state index contributed by atoms with van der Waals surface area (Å²) in [7, 11) is 0. The van der Waals surface area contributed by atoms with Gasteiger partial charge in [-0.15, -0.1) is 0 Å². The number of nitrogens with one attached hydrogen (secondary N) is 1. The van der Waals surface area contributed by atoms with E-state index in [1.54, 1.807) is 13.0 Å². The number of hydrogen-bond donors (Lipinski definition) is 1. The van der Waals surface area contributed by atoms with Gasteiger partial charge in [-0.05, 0) is 30.7 Å². The summed E-state index contributed by atoms with van der Waals surface area (Å²) < 4.78 is 34.2. The molecule has 0 aromatic heterocycles. The summed E-state index contributed by atoms with van der Waals surface area (Å²) in [4.78, 5) is 22.3. The molecule has 2 rings (SSSR count). The number of halogens is 2. The van der Waals surface area contributed by atoms with Crippen LogP contribution in [0.15, 0.2) is 42.5 Å². The molecule has 132 valence electrons. The predicted octanol–water partition coefficient (Wildman–Crippen LogP) is 3.52. The topological polar surface area (TPSA) is 90.7 Å². The molecule has 0 bridgehead atoms. The van der Waals surface area contributed by atoms with Crippen LogP contribution in [0.2, 0.25) is 0 Å². The standard InChI is InChI=1S/C16H14F2N2O5/c1-10-6-7-12(20(22)23)14(8-10)24-9-15(21)19-11-4-2-3-5-13(11)25-16(17)18/h2-8,16H,9H2,1H3,(H,19,21). The fourth-order valence-electron chi connectivity index (χ4n) is 1.99. The molecule has 0 aliphatic heterocycles. The molecule has 2 aromatic carbocycles. The Bertz CT molecular complexity index is 783. The van der Waals surface area contributed by atoms with E-state index in [-0.39, 0.29) is 22.9 Å². The fraction of sp³-hybridized carbons (Fsp3) is 0.188. The van der Waals surface area contributed by atoms with E-state index >= 15 is 0 Å². The first-order valence-electron chi connectivity index (χ1n) is 7.08. The molecule has 0 aliphatic carbocycles. The number of carbonyl (C=O) groups is 1. The van der Waals surface area contributed by atoms with Gasteiger partial charge in [-0.3, -0.25) is 14.9 Å². The average Bonchev–Trinajstić information content (AvgIpc) is 2.54. The van der Waals surface area contributed by atoms with Crippen LogP contribution in [0.3, 0.4) is 0 Å². The molecule has 2 aromatic rings. The van der Waals surface area contributed by atoms with E-state index in [1.807, 2.05) is 0 Å². The number of nitrogens with zero attached hydrogens (tertiary/aromatic N) is 1. The third-order valence-electron chi connectivity index (χ3n) is 3.05. The van der Waals surface area contributed by atoms with Crippen LogP contribution in [0.25, 0.3) is 0 Å². The molecule has 1 N–H and O–H groups in total. The summed E-state index contributed by atoms with van der Waals surface area (Å²) in [6.45, 7) is -1.86. The maximum atomic E-state index is 12.3. The van der Waals surface area contributed by atoms with Crippen LogP contribution in [0.1, 0.15) is 5.56 Å². The van der Waals surface area contributed by atoms with Gasteiger partial charge in [0.2, 0.25) is 0 Å². The van der Waals surface area contributed by atoms with Crippen LogP contribution in [0.5, 0.6) is 11.5 Å². The van der Waals surface area contributed by atoms with Gasteiger partial charge in [0.05, 0.1) is 10.6 Å². The number of nitro groups is 1. The molecule has 0 radical (unpaired) electrons. The number of nitro benzene ring substituents is 1. The summed E-state index contributed by atoms with van der Waals surface area (Å²) in [5.74, 6) is -0.939. The number of para-hydroxylation sites is 2. The minimum absolute atomic E-state index is 0.0372. The van der Waals surface area contributed by atoms with E-state index in [2.05, 4.69) is 10.1 Å². The van der Waals surface area contributed by atoms with Crippen LogP contribution in [0.4, 0.5) is 20.2 Å². The Morgan fingerprint density at radius 3 is 2.64 bits per heavy atom. The van der Waals surface area contributed by atoms with E-state index in [9.17, 15) is 23.7 Å². The van der Waals surface area contributed by atoms with Gasteiger partial charge in [0.1, 0.15) is 5.75 Å². The summed E-state index contributed by atoms with van der Waals surface area (Å²) >= 11 is 0. The molecule has 0 heterocycles. The van der Waals surface area contributed by atoms with Crippen molar-refractivity contribution >= 4 is 17.3 Å². The molecule has 1 amide bonds. The Hall–Kier alpha value is -3.23. The second-order valence-corrected chi connectivity index (χ2v) is 4.94. The third-order valence-corrected chi connectivity index (χ3v) is 3.05. The molecule has 0 fully saturated rings. The fourth-order valence-corrected chi connectivity index (χ4v) is 1.99. The van der Waals surface area contributed by atoms with Crippen molar-refractivity contribution in [3.63, 3.8) is 0 Å². The number of aryl methyl sites for hydroxylation is 1. The number of carbonyl (C=O) groups excluding carboxylic acids is 1. The maximum absolute atomic E-state index is 12.3. The van der Waals surface area contributed by atoms with Crippen molar-refractivity contribution in [3.05, 3.63) is 58.1 Å². The van der Waals surface area contributed by atoms with Gasteiger partial charge < -0.3 is 14.8 Å². The lowest BCUT2D eigenvalue weighted by atomic mass is 10.2. The lowest BCUT2D eigenvalue weighted by Crippen LogP contribution is -2.21. The average molecular weight is 352 g/mol. The first-order valence-corrected chi connectivity index (χ1v) is 7.08. The van der Waals surface area contributed by atoms with Crippen molar-refractivity contribution in [2.24, 2.45) is 0 Å². The largest absolute Gasteiger partial charge is 0.477 e. The number of ether oxygens (including phenoxy) is 2. The van der Waals surface area contributed by atoms with Crippen molar-refractivity contribution in [2.75, 3.05) is 11.9 Å². The Labute approximate surface area is 141 Å². The first kappa shape index (κ1) is 18.1. The zero-order valence-electron chi connectivity index (χ0n) is 13.1. The monoisotopic (exact) mass is 352 g/mol. The molecule has 25 heavy (non-hydrogen) atoms. The van der Waals surface area contributed by atoms with Crippen LogP contribution in [-0.2, 0) is 4.79 Å². The zero-order chi connectivity index (χ0) is 18.4. The molecule has 0 saturated heterocycles. The van der Waals surface area contributed by atoms with Crippen LogP contribution in [0, 0.1) is 17.0 Å². The minimum atomic E-state index is -3.04. The van der Waals surface area contributed by atoms with Crippen LogP contribution < -0.4 is 14.8 Å². The Morgan fingerprint density at radius 2 is 1.96 bits per heavy atom. The summed E-state index contributed by atoms with van der Waals surface area (Å²) in [5.41, 5.74) is 0.478. The number of amides is 1. The molecule has 0 aliphatic rings. The summed E-state index contributed by atoms with van der Waals surface area (Å²) in [5, 5.41) is 13.3. The molecule has 0 unspecified atom stereocenters. The van der Waals surface area contributed by atoms with Crippen molar-refractivity contribution in [2.45, 2.75) is 13.5 Å². The van der Waals surface area contributed by atoms with Gasteiger partial charge in [0.25, 0.3) is 5.91 Å². The second-order valence-electron chi connectivity index (χ2n) is 4.94. The van der Waals surface area contributed by atoms with Gasteiger partial charge in [0.15, 0.2) is 12.4 Å². The highest BCUT2D eigenvalue weighted by Crippen LogP contribution is 2.28. The van der Waals surface area contributed by atoms with E-state index in [0.29, 0.717) is 0 Å². The number of anilines is 1. The molecule has 0 saturated carbocycles. The Balaban J connectivity index is 2.05. The third kappa shape index (κ3) is 5.13. The zero-order valence-corrected chi connectivity index (χ0v) is 13.1. The second kappa shape index (κ2) is 8.04. The smallest absolute Gasteiger partial charge is 0.387 e. The summed E-state index contributed by atoms with van der Waals surface area (Å²) in [6.07, 6.45) is 0. The normalized spacial score (nSPS) is 10.4. The maximum Gasteiger partial charge on any atom is 0.387 e. The van der Waals surface area contributed by atoms with Crippen molar-refractivity contribution in [1.29, 1.82) is 0 Å². The highest BCUT2D eigenvalue weighted by molar-refractivity contribution is 5.93. The van der Waals surface area contributed by atoms with Gasteiger partial charge in [0, 0.05) is 6.07 Å².